The normalized spacial score (nSPS) is 28.0. The van der Waals surface area contributed by atoms with Gasteiger partial charge in [-0.25, -0.2) is 0 Å². The lowest BCUT2D eigenvalue weighted by molar-refractivity contribution is -0.252. The van der Waals surface area contributed by atoms with Crippen molar-refractivity contribution >= 4 is 23.4 Å². The predicted octanol–water partition coefficient (Wildman–Crippen LogP) is 1.71. The summed E-state index contributed by atoms with van der Waals surface area (Å²) in [6, 6.07) is 4.29. The van der Waals surface area contributed by atoms with Crippen LogP contribution in [0.15, 0.2) is 24.3 Å². The number of ether oxygens (including phenoxy) is 3. The second kappa shape index (κ2) is 11.1. The number of aliphatic hydroxyl groups is 2. The number of aromatic hydroxyl groups is 2. The van der Waals surface area contributed by atoms with Crippen LogP contribution in [-0.4, -0.2) is 86.8 Å². The van der Waals surface area contributed by atoms with Crippen LogP contribution in [0, 0.1) is 0 Å². The van der Waals surface area contributed by atoms with E-state index in [0.717, 1.165) is 6.92 Å². The summed E-state index contributed by atoms with van der Waals surface area (Å²) in [7, 11) is 0. The van der Waals surface area contributed by atoms with Gasteiger partial charge < -0.3 is 40.0 Å². The van der Waals surface area contributed by atoms with Crippen molar-refractivity contribution in [2.45, 2.75) is 75.5 Å². The third-order valence-electron chi connectivity index (χ3n) is 7.99. The molecule has 0 radical (unpaired) electrons. The van der Waals surface area contributed by atoms with Crippen LogP contribution in [0.4, 0.5) is 13.2 Å². The molecule has 1 heterocycles. The van der Waals surface area contributed by atoms with Gasteiger partial charge in [-0.05, 0) is 6.92 Å². The van der Waals surface area contributed by atoms with Gasteiger partial charge in [-0.1, -0.05) is 24.3 Å². The van der Waals surface area contributed by atoms with E-state index in [1.807, 2.05) is 0 Å². The standard InChI is InChI=1S/C29H28F3NO11/c1-11-22(35)16(33-27(40)29(30,31)32)7-18(43-11)44-17-9-28(41,10-42-12(2)34)8-15-19(17)26(39)21-20(25(15)38)23(36)13-5-3-4-6-14(13)24(21)37/h3-6,11,16-18,22,35,38-39,41H,7-10H2,1-2H3,(H,33,40)/t11-,16-,17-,18-,22+,28-/m0/s1. The third-order valence-corrected chi connectivity index (χ3v) is 7.99. The summed E-state index contributed by atoms with van der Waals surface area (Å²) in [4.78, 5) is 50.0. The lowest BCUT2D eigenvalue weighted by Gasteiger charge is -2.43. The molecule has 1 amide bonds. The van der Waals surface area contributed by atoms with E-state index in [4.69, 9.17) is 14.2 Å². The van der Waals surface area contributed by atoms with Gasteiger partial charge in [-0.15, -0.1) is 0 Å². The van der Waals surface area contributed by atoms with Crippen LogP contribution < -0.4 is 5.32 Å². The number of benzene rings is 2. The first-order valence-corrected chi connectivity index (χ1v) is 13.5. The quantitative estimate of drug-likeness (QED) is 0.206. The molecule has 1 fully saturated rings. The average molecular weight is 624 g/mol. The number of alkyl halides is 3. The van der Waals surface area contributed by atoms with Crippen LogP contribution in [0.2, 0.25) is 0 Å². The maximum Gasteiger partial charge on any atom is 0.471 e. The van der Waals surface area contributed by atoms with Crippen molar-refractivity contribution in [3.05, 3.63) is 57.6 Å². The molecular formula is C29H28F3NO11. The first-order chi connectivity index (χ1) is 20.5. The molecule has 15 heteroatoms. The Labute approximate surface area is 247 Å². The van der Waals surface area contributed by atoms with E-state index >= 15 is 0 Å². The van der Waals surface area contributed by atoms with Gasteiger partial charge in [0.05, 0.1) is 29.4 Å². The lowest BCUT2D eigenvalue weighted by atomic mass is 9.73. The summed E-state index contributed by atoms with van der Waals surface area (Å²) >= 11 is 0. The molecule has 0 bridgehead atoms. The number of hydrogen-bond acceptors (Lipinski definition) is 11. The van der Waals surface area contributed by atoms with Gasteiger partial charge in [-0.2, -0.15) is 13.2 Å². The zero-order chi connectivity index (χ0) is 32.3. The summed E-state index contributed by atoms with van der Waals surface area (Å²) in [6.45, 7) is 1.80. The Balaban J connectivity index is 1.57. The first-order valence-electron chi connectivity index (χ1n) is 13.5. The van der Waals surface area contributed by atoms with Crippen LogP contribution in [0.1, 0.15) is 75.8 Å². The van der Waals surface area contributed by atoms with Gasteiger partial charge >= 0.3 is 18.1 Å². The third kappa shape index (κ3) is 5.51. The number of ketones is 2. The molecule has 0 unspecified atom stereocenters. The van der Waals surface area contributed by atoms with Gasteiger partial charge in [0.25, 0.3) is 0 Å². The Morgan fingerprint density at radius 1 is 1.09 bits per heavy atom. The first kappa shape index (κ1) is 31.4. The highest BCUT2D eigenvalue weighted by atomic mass is 19.4. The topological polar surface area (TPSA) is 189 Å². The maximum absolute atomic E-state index is 13.5. The Bertz CT molecular complexity index is 1560. The second-order valence-electron chi connectivity index (χ2n) is 11.1. The van der Waals surface area contributed by atoms with E-state index in [9.17, 15) is 52.8 Å². The number of amides is 1. The molecule has 1 aliphatic heterocycles. The number of carbonyl (C=O) groups excluding carboxylic acids is 4. The maximum atomic E-state index is 13.5. The van der Waals surface area contributed by atoms with E-state index in [1.54, 1.807) is 5.32 Å². The zero-order valence-corrected chi connectivity index (χ0v) is 23.3. The zero-order valence-electron chi connectivity index (χ0n) is 23.3. The fraction of sp³-hybridized carbons (Fsp3) is 0.448. The number of aliphatic hydroxyl groups excluding tert-OH is 1. The summed E-state index contributed by atoms with van der Waals surface area (Å²) < 4.78 is 55.4. The number of phenolic OH excluding ortho intramolecular Hbond substituents is 2. The number of halogens is 3. The number of rotatable bonds is 5. The number of nitrogens with one attached hydrogen (secondary N) is 1. The molecule has 12 nitrogen and oxygen atoms in total. The molecule has 0 aromatic heterocycles. The fourth-order valence-corrected chi connectivity index (χ4v) is 5.93. The summed E-state index contributed by atoms with van der Waals surface area (Å²) in [6.07, 6.45) is -12.3. The highest BCUT2D eigenvalue weighted by Crippen LogP contribution is 2.52. The van der Waals surface area contributed by atoms with E-state index in [0.29, 0.717) is 0 Å². The van der Waals surface area contributed by atoms with Gasteiger partial charge in [0.1, 0.15) is 29.8 Å². The van der Waals surface area contributed by atoms with Crippen molar-refractivity contribution < 1.29 is 67.0 Å². The highest BCUT2D eigenvalue weighted by molar-refractivity contribution is 6.30. The monoisotopic (exact) mass is 623 g/mol. The largest absolute Gasteiger partial charge is 0.507 e. The molecule has 2 aromatic carbocycles. The van der Waals surface area contributed by atoms with Crippen molar-refractivity contribution in [2.75, 3.05) is 6.61 Å². The fourth-order valence-electron chi connectivity index (χ4n) is 5.93. The number of fused-ring (bicyclic) bond motifs is 3. The summed E-state index contributed by atoms with van der Waals surface area (Å²) in [5, 5.41) is 46.4. The van der Waals surface area contributed by atoms with Crippen LogP contribution in [0.25, 0.3) is 0 Å². The van der Waals surface area contributed by atoms with Crippen LogP contribution >= 0.6 is 0 Å². The molecule has 5 rings (SSSR count). The number of carbonyl (C=O) groups is 4. The number of phenols is 2. The van der Waals surface area contributed by atoms with E-state index in [-0.39, 0.29) is 22.3 Å². The Hall–Kier alpha value is -4.05. The smallest absolute Gasteiger partial charge is 0.471 e. The van der Waals surface area contributed by atoms with Gasteiger partial charge in [0.2, 0.25) is 0 Å². The molecule has 44 heavy (non-hydrogen) atoms. The van der Waals surface area contributed by atoms with Crippen molar-refractivity contribution in [3.63, 3.8) is 0 Å². The average Bonchev–Trinajstić information content (AvgIpc) is 2.94. The predicted molar refractivity (Wildman–Crippen MR) is 140 cm³/mol. The van der Waals surface area contributed by atoms with Crippen molar-refractivity contribution in [3.8, 4) is 11.5 Å². The molecule has 0 saturated carbocycles. The number of esters is 1. The van der Waals surface area contributed by atoms with Crippen molar-refractivity contribution in [2.24, 2.45) is 0 Å². The van der Waals surface area contributed by atoms with E-state index in [1.165, 1.54) is 31.2 Å². The van der Waals surface area contributed by atoms with Crippen molar-refractivity contribution in [1.82, 2.24) is 5.32 Å². The molecule has 3 aliphatic rings. The molecule has 0 spiro atoms. The van der Waals surface area contributed by atoms with Crippen LogP contribution in [-0.2, 0) is 30.2 Å². The van der Waals surface area contributed by atoms with E-state index in [2.05, 4.69) is 0 Å². The summed E-state index contributed by atoms with van der Waals surface area (Å²) in [5.41, 5.74) is -3.40. The molecule has 2 aliphatic carbocycles. The highest BCUT2D eigenvalue weighted by Gasteiger charge is 2.49. The Kier molecular flexibility index (Phi) is 7.95. The van der Waals surface area contributed by atoms with Gasteiger partial charge in [-0.3, -0.25) is 19.2 Å². The minimum atomic E-state index is -5.24. The Morgan fingerprint density at radius 3 is 2.25 bits per heavy atom. The second-order valence-corrected chi connectivity index (χ2v) is 11.1. The van der Waals surface area contributed by atoms with Crippen LogP contribution in [0.5, 0.6) is 11.5 Å². The van der Waals surface area contributed by atoms with Crippen molar-refractivity contribution in [1.29, 1.82) is 0 Å². The Morgan fingerprint density at radius 2 is 1.68 bits per heavy atom. The number of hydrogen-bond donors (Lipinski definition) is 5. The minimum Gasteiger partial charge on any atom is -0.507 e. The molecule has 5 N–H and O–H groups in total. The SMILES string of the molecule is CC(=O)OC[C@]1(O)Cc2c(O)c3c(c(O)c2[C@@H](O[C@H]2C[C@H](NC(=O)C(F)(F)F)[C@H](O)[C@H](C)O2)C1)C(=O)c1ccccc1C3=O. The lowest BCUT2D eigenvalue weighted by Crippen LogP contribution is -2.57. The van der Waals surface area contributed by atoms with Gasteiger partial charge in [0, 0.05) is 48.4 Å². The molecule has 6 atom stereocenters. The summed E-state index contributed by atoms with van der Waals surface area (Å²) in [5.74, 6) is -6.04. The minimum absolute atomic E-state index is 0.0199. The molecular weight excluding hydrogens is 595 g/mol. The van der Waals surface area contributed by atoms with Gasteiger partial charge in [0.15, 0.2) is 17.9 Å². The molecule has 2 aromatic rings. The molecule has 236 valence electrons. The van der Waals surface area contributed by atoms with Crippen LogP contribution in [0.3, 0.4) is 0 Å². The van der Waals surface area contributed by atoms with E-state index < -0.39 is 114 Å². The molecule has 1 saturated heterocycles.